The predicted octanol–water partition coefficient (Wildman–Crippen LogP) is 5.21. The van der Waals surface area contributed by atoms with Crippen LogP contribution in [0.15, 0.2) is 30.3 Å². The van der Waals surface area contributed by atoms with Crippen LogP contribution in [0, 0.1) is 0 Å². The minimum absolute atomic E-state index is 0.578. The van der Waals surface area contributed by atoms with Crippen LogP contribution in [0.25, 0.3) is 0 Å². The Balaban J connectivity index is 3.55. The molecule has 0 radical (unpaired) electrons. The number of anilines is 1. The highest BCUT2D eigenvalue weighted by molar-refractivity contribution is 5.84. The number of carbonyl (C=O) groups excluding carboxylic acids is 1. The second-order valence-corrected chi connectivity index (χ2v) is 6.26. The smallest absolute Gasteiger partial charge is 0.460 e. The molecule has 3 nitrogen and oxygen atoms in total. The average Bonchev–Trinajstić information content (AvgIpc) is 2.64. The third-order valence-electron chi connectivity index (χ3n) is 4.04. The molecule has 0 spiro atoms. The molecule has 1 aromatic carbocycles. The Hall–Kier alpha value is -2.56. The van der Waals surface area contributed by atoms with Crippen molar-refractivity contribution in [2.75, 3.05) is 11.4 Å². The van der Waals surface area contributed by atoms with Crippen molar-refractivity contribution in [2.45, 2.75) is 41.7 Å². The maximum absolute atomic E-state index is 13.9. The minimum atomic E-state index is -8.44. The summed E-state index contributed by atoms with van der Waals surface area (Å²) in [4.78, 5) is 9.98. The molecule has 0 N–H and O–H groups in total. The van der Waals surface area contributed by atoms with E-state index in [0.717, 1.165) is 18.2 Å². The monoisotopic (exact) mass is 518 g/mol. The van der Waals surface area contributed by atoms with E-state index in [1.807, 2.05) is 0 Å². The Morgan fingerprint density at radius 3 is 1.36 bits per heavy atom. The molecule has 33 heavy (non-hydrogen) atoms. The number of amides is 1. The van der Waals surface area contributed by atoms with E-state index in [4.69, 9.17) is 0 Å². The molecular formula is C15H7F15NO2-. The number of para-hydroxylation sites is 1. The molecule has 1 aromatic rings. The fourth-order valence-electron chi connectivity index (χ4n) is 2.17. The fourth-order valence-corrected chi connectivity index (χ4v) is 2.17. The first kappa shape index (κ1) is 28.5. The number of carbonyl (C=O) groups is 1. The lowest BCUT2D eigenvalue weighted by atomic mass is 9.91. The SMILES string of the molecule is O=C([O-])N(CC(F)(F)C(F)(F)C(F)(F)C(F)(F)C(F)(F)C(F)(F)C(F)(F)F)c1ccccc1. The van der Waals surface area contributed by atoms with Gasteiger partial charge in [-0.3, -0.25) is 0 Å². The van der Waals surface area contributed by atoms with Crippen molar-refractivity contribution in [2.24, 2.45) is 0 Å². The maximum atomic E-state index is 13.9. The van der Waals surface area contributed by atoms with Gasteiger partial charge in [-0.2, -0.15) is 65.9 Å². The van der Waals surface area contributed by atoms with Gasteiger partial charge in [0, 0.05) is 5.69 Å². The lowest BCUT2D eigenvalue weighted by Gasteiger charge is -2.42. The van der Waals surface area contributed by atoms with Crippen LogP contribution in [-0.2, 0) is 0 Å². The molecule has 0 unspecified atom stereocenters. The number of halogens is 15. The molecule has 0 aliphatic heterocycles. The zero-order chi connectivity index (χ0) is 26.5. The van der Waals surface area contributed by atoms with Gasteiger partial charge in [0.05, 0.1) is 6.54 Å². The van der Waals surface area contributed by atoms with Crippen LogP contribution in [0.3, 0.4) is 0 Å². The van der Waals surface area contributed by atoms with E-state index in [1.165, 1.54) is 0 Å². The van der Waals surface area contributed by atoms with Gasteiger partial charge in [-0.05, 0) is 12.1 Å². The first-order valence-corrected chi connectivity index (χ1v) is 7.77. The minimum Gasteiger partial charge on any atom is -0.530 e. The van der Waals surface area contributed by atoms with Crippen LogP contribution in [0.2, 0.25) is 0 Å². The van der Waals surface area contributed by atoms with E-state index in [-0.39, 0.29) is 0 Å². The first-order chi connectivity index (χ1) is 14.4. The lowest BCUT2D eigenvalue weighted by Crippen LogP contribution is -2.73. The number of carboxylic acid groups (broad SMARTS) is 1. The molecule has 0 aromatic heterocycles. The van der Waals surface area contributed by atoms with Gasteiger partial charge >= 0.3 is 41.7 Å². The molecule has 0 bridgehead atoms. The van der Waals surface area contributed by atoms with Gasteiger partial charge < -0.3 is 14.8 Å². The van der Waals surface area contributed by atoms with Crippen molar-refractivity contribution in [3.63, 3.8) is 0 Å². The number of benzene rings is 1. The van der Waals surface area contributed by atoms with E-state index in [2.05, 4.69) is 0 Å². The second-order valence-electron chi connectivity index (χ2n) is 6.26. The van der Waals surface area contributed by atoms with Crippen molar-refractivity contribution >= 4 is 11.8 Å². The van der Waals surface area contributed by atoms with Gasteiger partial charge in [-0.1, -0.05) is 18.2 Å². The lowest BCUT2D eigenvalue weighted by molar-refractivity contribution is -0.451. The summed E-state index contributed by atoms with van der Waals surface area (Å²) in [5.74, 6) is -47.7. The van der Waals surface area contributed by atoms with Crippen LogP contribution in [-0.4, -0.2) is 54.3 Å². The quantitative estimate of drug-likeness (QED) is 0.444. The standard InChI is InChI=1S/C15H8F15NO2/c16-9(17,6-31(8(32)33)7-4-2-1-3-5-7)10(18,19)11(20,21)12(22,23)13(24,25)14(26,27)15(28,29)30/h1-5H,6H2,(H,32,33)/p-1. The summed E-state index contributed by atoms with van der Waals surface area (Å²) in [6.45, 7) is -3.18. The molecule has 1 amide bonds. The van der Waals surface area contributed by atoms with E-state index >= 15 is 0 Å². The van der Waals surface area contributed by atoms with E-state index in [0.29, 0.717) is 12.1 Å². The topological polar surface area (TPSA) is 43.4 Å². The normalized spacial score (nSPS) is 14.9. The maximum Gasteiger partial charge on any atom is 0.460 e. The molecule has 18 heteroatoms. The number of nitrogens with zero attached hydrogens (tertiary/aromatic N) is 1. The van der Waals surface area contributed by atoms with Crippen LogP contribution in [0.5, 0.6) is 0 Å². The average molecular weight is 518 g/mol. The van der Waals surface area contributed by atoms with Crippen molar-refractivity contribution < 1.29 is 75.8 Å². The Labute approximate surface area is 172 Å². The van der Waals surface area contributed by atoms with Crippen LogP contribution in [0.1, 0.15) is 0 Å². The van der Waals surface area contributed by atoms with Gasteiger partial charge in [0.25, 0.3) is 0 Å². The van der Waals surface area contributed by atoms with Gasteiger partial charge in [-0.15, -0.1) is 0 Å². The van der Waals surface area contributed by atoms with Crippen LogP contribution in [0.4, 0.5) is 76.3 Å². The number of rotatable bonds is 8. The van der Waals surface area contributed by atoms with Crippen molar-refractivity contribution in [1.82, 2.24) is 0 Å². The van der Waals surface area contributed by atoms with E-state index in [1.54, 1.807) is 0 Å². The third-order valence-corrected chi connectivity index (χ3v) is 4.04. The highest BCUT2D eigenvalue weighted by atomic mass is 19.4. The number of hydrogen-bond acceptors (Lipinski definition) is 2. The van der Waals surface area contributed by atoms with Gasteiger partial charge in [0.15, 0.2) is 0 Å². The van der Waals surface area contributed by atoms with Crippen LogP contribution < -0.4 is 10.0 Å². The van der Waals surface area contributed by atoms with Crippen molar-refractivity contribution in [1.29, 1.82) is 0 Å². The summed E-state index contributed by atoms with van der Waals surface area (Å²) >= 11 is 0. The molecule has 0 aliphatic carbocycles. The van der Waals surface area contributed by atoms with Gasteiger partial charge in [0.2, 0.25) is 0 Å². The Kier molecular flexibility index (Phi) is 6.93. The molecule has 190 valence electrons. The Morgan fingerprint density at radius 1 is 0.636 bits per heavy atom. The Bertz CT molecular complexity index is 851. The molecule has 0 atom stereocenters. The molecule has 0 saturated heterocycles. The van der Waals surface area contributed by atoms with Gasteiger partial charge in [0.1, 0.15) is 6.09 Å². The second kappa shape index (κ2) is 8.03. The summed E-state index contributed by atoms with van der Waals surface area (Å²) in [6, 6.07) is 4.01. The highest BCUT2D eigenvalue weighted by Gasteiger charge is 2.93. The largest absolute Gasteiger partial charge is 0.530 e. The van der Waals surface area contributed by atoms with E-state index in [9.17, 15) is 75.8 Å². The molecular weight excluding hydrogens is 511 g/mol. The molecule has 0 aliphatic rings. The molecule has 0 saturated carbocycles. The van der Waals surface area contributed by atoms with Crippen LogP contribution >= 0.6 is 0 Å². The Morgan fingerprint density at radius 2 is 1.00 bits per heavy atom. The fraction of sp³-hybridized carbons (Fsp3) is 0.533. The summed E-state index contributed by atoms with van der Waals surface area (Å²) in [5, 5.41) is 10.9. The summed E-state index contributed by atoms with van der Waals surface area (Å²) in [6.07, 6.45) is -10.5. The van der Waals surface area contributed by atoms with Gasteiger partial charge in [-0.25, -0.2) is 0 Å². The highest BCUT2D eigenvalue weighted by Crippen LogP contribution is 2.62. The van der Waals surface area contributed by atoms with Crippen molar-refractivity contribution in [3.05, 3.63) is 30.3 Å². The molecule has 1 rings (SSSR count). The van der Waals surface area contributed by atoms with E-state index < -0.39 is 64.9 Å². The first-order valence-electron chi connectivity index (χ1n) is 7.77. The number of alkyl halides is 15. The third kappa shape index (κ3) is 4.22. The molecule has 0 fully saturated rings. The zero-order valence-electron chi connectivity index (χ0n) is 15.0. The molecule has 0 heterocycles. The van der Waals surface area contributed by atoms with Crippen molar-refractivity contribution in [3.8, 4) is 0 Å². The predicted molar refractivity (Wildman–Crippen MR) is 74.9 cm³/mol. The number of hydrogen-bond donors (Lipinski definition) is 0. The summed E-state index contributed by atoms with van der Waals surface area (Å²) in [5.41, 5.74) is -1.00. The zero-order valence-corrected chi connectivity index (χ0v) is 15.0. The summed E-state index contributed by atoms with van der Waals surface area (Å²) < 4.78 is 197. The summed E-state index contributed by atoms with van der Waals surface area (Å²) in [7, 11) is 0.